The van der Waals surface area contributed by atoms with Crippen LogP contribution in [0.4, 0.5) is 0 Å². The smallest absolute Gasteiger partial charge is 0.0221 e. The van der Waals surface area contributed by atoms with E-state index in [2.05, 4.69) is 49.1 Å². The average Bonchev–Trinajstić information content (AvgIpc) is 2.48. The Balaban J connectivity index is 1.94. The second-order valence-corrected chi connectivity index (χ2v) is 5.99. The first kappa shape index (κ1) is 14.5. The molecule has 0 radical (unpaired) electrons. The summed E-state index contributed by atoms with van der Waals surface area (Å²) in [6.07, 6.45) is 3.93. The lowest BCUT2D eigenvalue weighted by atomic mass is 9.88. The number of benzene rings is 1. The molecule has 2 rings (SSSR count). The molecule has 106 valence electrons. The fraction of sp³-hybridized carbons (Fsp3) is 0.647. The maximum absolute atomic E-state index is 5.98. The van der Waals surface area contributed by atoms with Gasteiger partial charge in [-0.15, -0.1) is 0 Å². The minimum atomic E-state index is 0.588. The molecule has 2 nitrogen and oxygen atoms in total. The standard InChI is InChI=1S/C17H28N2/c1-3-15-9-10-19(17(11-15)12-18)13-14(2)16-7-5-4-6-8-16/h4-8,14-15,17H,3,9-13,18H2,1-2H3. The van der Waals surface area contributed by atoms with Gasteiger partial charge in [-0.2, -0.15) is 0 Å². The van der Waals surface area contributed by atoms with Crippen molar-refractivity contribution in [2.24, 2.45) is 11.7 Å². The Bertz CT molecular complexity index is 363. The van der Waals surface area contributed by atoms with Crippen molar-refractivity contribution in [1.82, 2.24) is 4.90 Å². The van der Waals surface area contributed by atoms with Gasteiger partial charge < -0.3 is 5.73 Å². The minimum absolute atomic E-state index is 0.588. The second kappa shape index (κ2) is 7.06. The molecule has 1 fully saturated rings. The summed E-state index contributed by atoms with van der Waals surface area (Å²) < 4.78 is 0. The molecule has 1 aromatic carbocycles. The highest BCUT2D eigenvalue weighted by Crippen LogP contribution is 2.27. The lowest BCUT2D eigenvalue weighted by Gasteiger charge is -2.40. The molecular weight excluding hydrogens is 232 g/mol. The third-order valence-corrected chi connectivity index (χ3v) is 4.67. The van der Waals surface area contributed by atoms with E-state index < -0.39 is 0 Å². The summed E-state index contributed by atoms with van der Waals surface area (Å²) >= 11 is 0. The number of rotatable bonds is 5. The Kier molecular flexibility index (Phi) is 5.41. The Labute approximate surface area is 118 Å². The van der Waals surface area contributed by atoms with Gasteiger partial charge in [-0.25, -0.2) is 0 Å². The molecule has 0 amide bonds. The highest BCUT2D eigenvalue weighted by Gasteiger charge is 2.27. The lowest BCUT2D eigenvalue weighted by molar-refractivity contribution is 0.109. The molecule has 0 bridgehead atoms. The van der Waals surface area contributed by atoms with Crippen LogP contribution in [0, 0.1) is 5.92 Å². The quantitative estimate of drug-likeness (QED) is 0.880. The molecule has 2 heteroatoms. The molecule has 0 saturated carbocycles. The van der Waals surface area contributed by atoms with Gasteiger partial charge in [0.2, 0.25) is 0 Å². The second-order valence-electron chi connectivity index (χ2n) is 5.99. The van der Waals surface area contributed by atoms with Gasteiger partial charge in [-0.1, -0.05) is 50.6 Å². The predicted octanol–water partition coefficient (Wildman–Crippen LogP) is 3.24. The fourth-order valence-corrected chi connectivity index (χ4v) is 3.28. The summed E-state index contributed by atoms with van der Waals surface area (Å²) in [6.45, 7) is 7.80. The molecule has 0 aromatic heterocycles. The van der Waals surface area contributed by atoms with Gasteiger partial charge in [0.05, 0.1) is 0 Å². The third-order valence-electron chi connectivity index (χ3n) is 4.67. The van der Waals surface area contributed by atoms with Crippen molar-refractivity contribution < 1.29 is 0 Å². The summed E-state index contributed by atoms with van der Waals surface area (Å²) in [5, 5.41) is 0. The summed E-state index contributed by atoms with van der Waals surface area (Å²) in [5.74, 6) is 1.48. The van der Waals surface area contributed by atoms with Gasteiger partial charge in [0.15, 0.2) is 0 Å². The molecule has 3 unspecified atom stereocenters. The predicted molar refractivity (Wildman–Crippen MR) is 82.3 cm³/mol. The zero-order valence-electron chi connectivity index (χ0n) is 12.4. The largest absolute Gasteiger partial charge is 0.329 e. The number of piperidine rings is 1. The van der Waals surface area contributed by atoms with Crippen LogP contribution in [-0.4, -0.2) is 30.6 Å². The van der Waals surface area contributed by atoms with Crippen LogP contribution < -0.4 is 5.73 Å². The van der Waals surface area contributed by atoms with Crippen LogP contribution in [0.3, 0.4) is 0 Å². The zero-order valence-corrected chi connectivity index (χ0v) is 12.4. The molecule has 1 aliphatic rings. The SMILES string of the molecule is CCC1CCN(CC(C)c2ccccc2)C(CN)C1. The number of nitrogens with two attached hydrogens (primary N) is 1. The Hall–Kier alpha value is -0.860. The fourth-order valence-electron chi connectivity index (χ4n) is 3.28. The number of hydrogen-bond donors (Lipinski definition) is 1. The van der Waals surface area contributed by atoms with E-state index in [9.17, 15) is 0 Å². The highest BCUT2D eigenvalue weighted by atomic mass is 15.2. The van der Waals surface area contributed by atoms with E-state index in [1.807, 2.05) is 0 Å². The monoisotopic (exact) mass is 260 g/mol. The molecule has 1 heterocycles. The summed E-state index contributed by atoms with van der Waals surface area (Å²) in [5.41, 5.74) is 7.42. The normalized spacial score (nSPS) is 26.3. The first-order valence-corrected chi connectivity index (χ1v) is 7.73. The first-order valence-electron chi connectivity index (χ1n) is 7.73. The van der Waals surface area contributed by atoms with Crippen LogP contribution in [0.15, 0.2) is 30.3 Å². The Morgan fingerprint density at radius 1 is 1.32 bits per heavy atom. The van der Waals surface area contributed by atoms with Gasteiger partial charge in [0.25, 0.3) is 0 Å². The van der Waals surface area contributed by atoms with E-state index in [4.69, 9.17) is 5.73 Å². The van der Waals surface area contributed by atoms with Crippen LogP contribution in [0.5, 0.6) is 0 Å². The average molecular weight is 260 g/mol. The van der Waals surface area contributed by atoms with Crippen molar-refractivity contribution in [3.63, 3.8) is 0 Å². The maximum atomic E-state index is 5.98. The van der Waals surface area contributed by atoms with E-state index >= 15 is 0 Å². The van der Waals surface area contributed by atoms with Crippen molar-refractivity contribution in [2.75, 3.05) is 19.6 Å². The van der Waals surface area contributed by atoms with E-state index in [1.165, 1.54) is 31.4 Å². The van der Waals surface area contributed by atoms with Gasteiger partial charge in [-0.05, 0) is 36.8 Å². The molecule has 1 aliphatic heterocycles. The number of hydrogen-bond acceptors (Lipinski definition) is 2. The van der Waals surface area contributed by atoms with Crippen LogP contribution >= 0.6 is 0 Å². The summed E-state index contributed by atoms with van der Waals surface area (Å²) in [6, 6.07) is 11.4. The molecule has 3 atom stereocenters. The topological polar surface area (TPSA) is 29.3 Å². The van der Waals surface area contributed by atoms with Gasteiger partial charge in [0, 0.05) is 19.1 Å². The molecule has 19 heavy (non-hydrogen) atoms. The van der Waals surface area contributed by atoms with E-state index in [-0.39, 0.29) is 0 Å². The van der Waals surface area contributed by atoms with E-state index in [0.29, 0.717) is 12.0 Å². The van der Waals surface area contributed by atoms with Crippen molar-refractivity contribution in [2.45, 2.75) is 45.1 Å². The number of nitrogens with zero attached hydrogens (tertiary/aromatic N) is 1. The number of likely N-dealkylation sites (tertiary alicyclic amines) is 1. The first-order chi connectivity index (χ1) is 9.24. The molecule has 0 spiro atoms. The van der Waals surface area contributed by atoms with Crippen LogP contribution in [0.1, 0.15) is 44.6 Å². The van der Waals surface area contributed by atoms with Crippen molar-refractivity contribution in [3.05, 3.63) is 35.9 Å². The van der Waals surface area contributed by atoms with E-state index in [1.54, 1.807) is 0 Å². The third kappa shape index (κ3) is 3.80. The molecule has 2 N–H and O–H groups in total. The maximum Gasteiger partial charge on any atom is 0.0221 e. The van der Waals surface area contributed by atoms with Crippen molar-refractivity contribution in [1.29, 1.82) is 0 Å². The molecular formula is C17H28N2. The summed E-state index contributed by atoms with van der Waals surface area (Å²) in [4.78, 5) is 2.61. The lowest BCUT2D eigenvalue weighted by Crippen LogP contribution is -2.47. The van der Waals surface area contributed by atoms with Gasteiger partial charge in [0.1, 0.15) is 0 Å². The Morgan fingerprint density at radius 2 is 2.05 bits per heavy atom. The van der Waals surface area contributed by atoms with Crippen LogP contribution in [0.25, 0.3) is 0 Å². The molecule has 1 aromatic rings. The van der Waals surface area contributed by atoms with E-state index in [0.717, 1.165) is 19.0 Å². The van der Waals surface area contributed by atoms with Crippen molar-refractivity contribution >= 4 is 0 Å². The van der Waals surface area contributed by atoms with Crippen LogP contribution in [0.2, 0.25) is 0 Å². The highest BCUT2D eigenvalue weighted by molar-refractivity contribution is 5.19. The zero-order chi connectivity index (χ0) is 13.7. The molecule has 1 saturated heterocycles. The summed E-state index contributed by atoms with van der Waals surface area (Å²) in [7, 11) is 0. The Morgan fingerprint density at radius 3 is 2.68 bits per heavy atom. The van der Waals surface area contributed by atoms with Gasteiger partial charge in [-0.3, -0.25) is 4.90 Å². The molecule has 0 aliphatic carbocycles. The van der Waals surface area contributed by atoms with Crippen LogP contribution in [-0.2, 0) is 0 Å². The minimum Gasteiger partial charge on any atom is -0.329 e. The van der Waals surface area contributed by atoms with Crippen molar-refractivity contribution in [3.8, 4) is 0 Å². The van der Waals surface area contributed by atoms with Gasteiger partial charge >= 0.3 is 0 Å².